The fraction of sp³-hybridized carbons (Fsp3) is 0.308. The van der Waals surface area contributed by atoms with E-state index in [0.29, 0.717) is 24.2 Å². The lowest BCUT2D eigenvalue weighted by Gasteiger charge is -2.09. The summed E-state index contributed by atoms with van der Waals surface area (Å²) in [7, 11) is 1.71. The fourth-order valence-electron chi connectivity index (χ4n) is 1.44. The van der Waals surface area contributed by atoms with E-state index in [0.717, 1.165) is 6.42 Å². The molecule has 0 aliphatic heterocycles. The van der Waals surface area contributed by atoms with E-state index >= 15 is 0 Å². The van der Waals surface area contributed by atoms with Crippen LogP contribution in [0.4, 0.5) is 22.0 Å². The summed E-state index contributed by atoms with van der Waals surface area (Å²) in [5, 5.41) is 5.81. The van der Waals surface area contributed by atoms with Crippen molar-refractivity contribution in [1.82, 2.24) is 15.0 Å². The van der Waals surface area contributed by atoms with Crippen LogP contribution in [0.1, 0.15) is 13.3 Å². The number of aromatic nitrogens is 3. The number of hydrogen-bond acceptors (Lipinski definition) is 6. The molecule has 6 nitrogen and oxygen atoms in total. The van der Waals surface area contributed by atoms with Crippen LogP contribution in [0.5, 0.6) is 6.01 Å². The third-order valence-electron chi connectivity index (χ3n) is 2.37. The molecule has 0 fully saturated rings. The quantitative estimate of drug-likeness (QED) is 0.845. The van der Waals surface area contributed by atoms with Crippen LogP contribution in [-0.4, -0.2) is 28.6 Å². The van der Waals surface area contributed by atoms with E-state index in [4.69, 9.17) is 4.74 Å². The number of benzene rings is 1. The molecule has 0 amide bonds. The van der Waals surface area contributed by atoms with Gasteiger partial charge in [-0.2, -0.15) is 15.0 Å². The van der Waals surface area contributed by atoms with Gasteiger partial charge in [-0.3, -0.25) is 0 Å². The number of halogens is 1. The summed E-state index contributed by atoms with van der Waals surface area (Å²) >= 11 is 0. The van der Waals surface area contributed by atoms with E-state index in [1.165, 1.54) is 12.1 Å². The van der Waals surface area contributed by atoms with Crippen LogP contribution in [0.2, 0.25) is 0 Å². The molecule has 0 aliphatic carbocycles. The molecule has 1 heterocycles. The third kappa shape index (κ3) is 3.78. The maximum atomic E-state index is 12.8. The number of nitrogens with zero attached hydrogens (tertiary/aromatic N) is 3. The molecule has 1 aromatic carbocycles. The molecule has 7 heteroatoms. The minimum absolute atomic E-state index is 0.246. The molecule has 0 aliphatic rings. The summed E-state index contributed by atoms with van der Waals surface area (Å²) in [6.07, 6.45) is 0.862. The lowest BCUT2D eigenvalue weighted by Crippen LogP contribution is -2.07. The monoisotopic (exact) mass is 277 g/mol. The van der Waals surface area contributed by atoms with E-state index < -0.39 is 0 Å². The Bertz CT molecular complexity index is 561. The second-order valence-corrected chi connectivity index (χ2v) is 4.00. The Kier molecular flexibility index (Phi) is 4.65. The maximum absolute atomic E-state index is 12.8. The van der Waals surface area contributed by atoms with Gasteiger partial charge in [0.25, 0.3) is 0 Å². The largest absolute Gasteiger partial charge is 0.463 e. The molecule has 0 saturated heterocycles. The lowest BCUT2D eigenvalue weighted by atomic mass is 10.3. The van der Waals surface area contributed by atoms with Crippen molar-refractivity contribution in [3.63, 3.8) is 0 Å². The Morgan fingerprint density at radius 3 is 2.45 bits per heavy atom. The van der Waals surface area contributed by atoms with Crippen LogP contribution in [0.25, 0.3) is 0 Å². The van der Waals surface area contributed by atoms with Crippen molar-refractivity contribution in [2.45, 2.75) is 13.3 Å². The average Bonchev–Trinajstić information content (AvgIpc) is 2.47. The molecule has 2 N–H and O–H groups in total. The second kappa shape index (κ2) is 6.65. The van der Waals surface area contributed by atoms with Gasteiger partial charge in [0.1, 0.15) is 5.82 Å². The molecule has 20 heavy (non-hydrogen) atoms. The summed E-state index contributed by atoms with van der Waals surface area (Å²) in [5.41, 5.74) is 0.682. The van der Waals surface area contributed by atoms with Crippen molar-refractivity contribution in [2.24, 2.45) is 0 Å². The van der Waals surface area contributed by atoms with Crippen LogP contribution >= 0.6 is 0 Å². The van der Waals surface area contributed by atoms with Gasteiger partial charge in [0.2, 0.25) is 11.9 Å². The average molecular weight is 277 g/mol. The first-order valence-corrected chi connectivity index (χ1v) is 6.30. The molecule has 0 bridgehead atoms. The van der Waals surface area contributed by atoms with Crippen molar-refractivity contribution in [3.8, 4) is 6.01 Å². The van der Waals surface area contributed by atoms with Crippen LogP contribution < -0.4 is 15.4 Å². The molecule has 106 valence electrons. The zero-order valence-electron chi connectivity index (χ0n) is 11.4. The summed E-state index contributed by atoms with van der Waals surface area (Å²) < 4.78 is 18.2. The van der Waals surface area contributed by atoms with Crippen LogP contribution in [0, 0.1) is 5.82 Å². The van der Waals surface area contributed by atoms with Gasteiger partial charge in [-0.25, -0.2) is 4.39 Å². The summed E-state index contributed by atoms with van der Waals surface area (Å²) in [6, 6.07) is 6.17. The van der Waals surface area contributed by atoms with Crippen molar-refractivity contribution in [3.05, 3.63) is 30.1 Å². The van der Waals surface area contributed by atoms with Gasteiger partial charge >= 0.3 is 6.01 Å². The Balaban J connectivity index is 2.19. The van der Waals surface area contributed by atoms with Crippen LogP contribution in [0.15, 0.2) is 24.3 Å². The predicted molar refractivity (Wildman–Crippen MR) is 74.8 cm³/mol. The van der Waals surface area contributed by atoms with E-state index in [1.807, 2.05) is 6.92 Å². The van der Waals surface area contributed by atoms with Gasteiger partial charge in [-0.15, -0.1) is 0 Å². The summed E-state index contributed by atoms with van der Waals surface area (Å²) in [5.74, 6) is 0.437. The Labute approximate surface area is 116 Å². The van der Waals surface area contributed by atoms with E-state index in [-0.39, 0.29) is 11.8 Å². The van der Waals surface area contributed by atoms with E-state index in [2.05, 4.69) is 25.6 Å². The topological polar surface area (TPSA) is 72.0 Å². The fourth-order valence-corrected chi connectivity index (χ4v) is 1.44. The standard InChI is InChI=1S/C13H16FN5O/c1-3-8-20-13-18-11(15-2)17-12(19-13)16-10-6-4-9(14)5-7-10/h4-7H,3,8H2,1-2H3,(H2,15,16,17,18,19). The van der Waals surface area contributed by atoms with Gasteiger partial charge in [-0.1, -0.05) is 6.92 Å². The molecule has 0 spiro atoms. The maximum Gasteiger partial charge on any atom is 0.323 e. The number of anilines is 3. The number of ether oxygens (including phenoxy) is 1. The van der Waals surface area contributed by atoms with E-state index in [1.54, 1.807) is 19.2 Å². The molecule has 0 atom stereocenters. The summed E-state index contributed by atoms with van der Waals surface area (Å²) in [6.45, 7) is 2.53. The highest BCUT2D eigenvalue weighted by Crippen LogP contribution is 2.16. The molecule has 2 aromatic rings. The first kappa shape index (κ1) is 14.0. The molecular weight excluding hydrogens is 261 g/mol. The van der Waals surface area contributed by atoms with Crippen LogP contribution in [-0.2, 0) is 0 Å². The number of rotatable bonds is 6. The number of nitrogens with one attached hydrogen (secondary N) is 2. The van der Waals surface area contributed by atoms with Gasteiger partial charge < -0.3 is 15.4 Å². The van der Waals surface area contributed by atoms with Crippen LogP contribution in [0.3, 0.4) is 0 Å². The zero-order valence-corrected chi connectivity index (χ0v) is 11.4. The van der Waals surface area contributed by atoms with Gasteiger partial charge in [-0.05, 0) is 30.7 Å². The van der Waals surface area contributed by atoms with E-state index in [9.17, 15) is 4.39 Å². The van der Waals surface area contributed by atoms with Gasteiger partial charge in [0, 0.05) is 12.7 Å². The summed E-state index contributed by atoms with van der Waals surface area (Å²) in [4.78, 5) is 12.4. The van der Waals surface area contributed by atoms with Gasteiger partial charge in [0.15, 0.2) is 0 Å². The van der Waals surface area contributed by atoms with Gasteiger partial charge in [0.05, 0.1) is 6.61 Å². The Morgan fingerprint density at radius 2 is 1.80 bits per heavy atom. The first-order chi connectivity index (χ1) is 9.71. The predicted octanol–water partition coefficient (Wildman–Crippen LogP) is 2.58. The molecule has 1 aromatic heterocycles. The molecule has 0 saturated carbocycles. The number of hydrogen-bond donors (Lipinski definition) is 2. The highest BCUT2D eigenvalue weighted by Gasteiger charge is 2.07. The molecular formula is C13H16FN5O. The second-order valence-electron chi connectivity index (χ2n) is 4.00. The Morgan fingerprint density at radius 1 is 1.10 bits per heavy atom. The minimum Gasteiger partial charge on any atom is -0.463 e. The zero-order chi connectivity index (χ0) is 14.4. The SMILES string of the molecule is CCCOc1nc(NC)nc(Nc2ccc(F)cc2)n1. The minimum atomic E-state index is -0.297. The normalized spacial score (nSPS) is 10.2. The molecule has 2 rings (SSSR count). The highest BCUT2D eigenvalue weighted by atomic mass is 19.1. The van der Waals surface area contributed by atoms with Crippen molar-refractivity contribution < 1.29 is 9.13 Å². The van der Waals surface area contributed by atoms with Crippen molar-refractivity contribution >= 4 is 17.6 Å². The smallest absolute Gasteiger partial charge is 0.323 e. The third-order valence-corrected chi connectivity index (χ3v) is 2.37. The van der Waals surface area contributed by atoms with Crippen molar-refractivity contribution in [1.29, 1.82) is 0 Å². The van der Waals surface area contributed by atoms with Crippen molar-refractivity contribution in [2.75, 3.05) is 24.3 Å². The first-order valence-electron chi connectivity index (χ1n) is 6.30. The Hall–Kier alpha value is -2.44. The molecule has 0 unspecified atom stereocenters. The molecule has 0 radical (unpaired) electrons. The highest BCUT2D eigenvalue weighted by molar-refractivity contribution is 5.54. The lowest BCUT2D eigenvalue weighted by molar-refractivity contribution is 0.292.